The summed E-state index contributed by atoms with van der Waals surface area (Å²) in [5.41, 5.74) is 5.24. The Kier molecular flexibility index (Phi) is 3.68. The van der Waals surface area contributed by atoms with Gasteiger partial charge in [0.15, 0.2) is 5.96 Å². The first-order valence-electron chi connectivity index (χ1n) is 4.12. The lowest BCUT2D eigenvalue weighted by atomic mass is 10.1. The minimum absolute atomic E-state index is 0.0950. The summed E-state index contributed by atoms with van der Waals surface area (Å²) >= 11 is 1.79. The first kappa shape index (κ1) is 9.67. The number of hydrogen-bond acceptors (Lipinski definition) is 3. The van der Waals surface area contributed by atoms with Crippen LogP contribution in [0.15, 0.2) is 0 Å². The molecule has 1 fully saturated rings. The molecule has 0 amide bonds. The first-order valence-corrected chi connectivity index (χ1v) is 5.30. The lowest BCUT2D eigenvalue weighted by Crippen LogP contribution is -2.45. The quantitative estimate of drug-likeness (QED) is 0.329. The van der Waals surface area contributed by atoms with E-state index in [9.17, 15) is 0 Å². The molecule has 70 valence electrons. The Morgan fingerprint density at radius 3 is 2.58 bits per heavy atom. The summed E-state index contributed by atoms with van der Waals surface area (Å²) in [5, 5.41) is 10.0. The molecular formula is C7H16N4S. The van der Waals surface area contributed by atoms with Crippen molar-refractivity contribution in [1.82, 2.24) is 9.62 Å². The molecule has 1 aliphatic rings. The van der Waals surface area contributed by atoms with Crippen molar-refractivity contribution in [3.05, 3.63) is 0 Å². The van der Waals surface area contributed by atoms with E-state index >= 15 is 0 Å². The molecule has 1 aliphatic heterocycles. The van der Waals surface area contributed by atoms with E-state index in [2.05, 4.69) is 15.9 Å². The van der Waals surface area contributed by atoms with Gasteiger partial charge in [0.05, 0.1) is 0 Å². The fourth-order valence-electron chi connectivity index (χ4n) is 1.40. The van der Waals surface area contributed by atoms with Crippen molar-refractivity contribution in [2.45, 2.75) is 18.9 Å². The topological polar surface area (TPSA) is 65.1 Å². The number of nitrogens with one attached hydrogen (secondary N) is 2. The van der Waals surface area contributed by atoms with Crippen molar-refractivity contribution < 1.29 is 0 Å². The fourth-order valence-corrected chi connectivity index (χ4v) is 1.98. The van der Waals surface area contributed by atoms with Gasteiger partial charge < -0.3 is 11.1 Å². The van der Waals surface area contributed by atoms with Gasteiger partial charge in [-0.1, -0.05) is 11.9 Å². The molecule has 0 aromatic rings. The monoisotopic (exact) mass is 188 g/mol. The summed E-state index contributed by atoms with van der Waals surface area (Å²) in [7, 11) is 0. The fraction of sp³-hybridized carbons (Fsp3) is 0.857. The number of rotatable bonds is 2. The standard InChI is InChI=1S/C7H16N4S/c1-12-11-4-2-6(3-5-11)10-7(8)9/h6H,2-5H2,1H3,(H4,8,9,10). The zero-order valence-corrected chi connectivity index (χ0v) is 8.16. The maximum Gasteiger partial charge on any atom is 0.185 e. The molecule has 12 heavy (non-hydrogen) atoms. The molecule has 1 saturated heterocycles. The average Bonchev–Trinajstić information content (AvgIpc) is 2.05. The smallest absolute Gasteiger partial charge is 0.185 e. The van der Waals surface area contributed by atoms with Crippen LogP contribution in [0.3, 0.4) is 0 Å². The molecule has 0 saturated carbocycles. The van der Waals surface area contributed by atoms with Gasteiger partial charge in [-0.25, -0.2) is 0 Å². The van der Waals surface area contributed by atoms with E-state index in [1.54, 1.807) is 11.9 Å². The molecule has 0 aliphatic carbocycles. The molecule has 0 bridgehead atoms. The van der Waals surface area contributed by atoms with Crippen molar-refractivity contribution in [2.75, 3.05) is 19.3 Å². The third-order valence-electron chi connectivity index (χ3n) is 2.07. The molecule has 5 heteroatoms. The van der Waals surface area contributed by atoms with Gasteiger partial charge in [0.25, 0.3) is 0 Å². The highest BCUT2D eigenvalue weighted by atomic mass is 32.2. The van der Waals surface area contributed by atoms with Crippen LogP contribution in [-0.4, -0.2) is 35.7 Å². The third-order valence-corrected chi connectivity index (χ3v) is 2.95. The number of hydrogen-bond donors (Lipinski definition) is 3. The van der Waals surface area contributed by atoms with Crippen molar-refractivity contribution in [3.63, 3.8) is 0 Å². The molecule has 0 aromatic heterocycles. The normalized spacial score (nSPS) is 20.8. The Labute approximate surface area is 77.5 Å². The van der Waals surface area contributed by atoms with Crippen LogP contribution in [0.4, 0.5) is 0 Å². The van der Waals surface area contributed by atoms with Crippen molar-refractivity contribution in [1.29, 1.82) is 5.41 Å². The number of piperidine rings is 1. The lowest BCUT2D eigenvalue weighted by molar-refractivity contribution is 0.330. The van der Waals surface area contributed by atoms with E-state index in [4.69, 9.17) is 11.1 Å². The SMILES string of the molecule is CSN1CCC(NC(=N)N)CC1. The van der Waals surface area contributed by atoms with Crippen LogP contribution in [0.1, 0.15) is 12.8 Å². The molecular weight excluding hydrogens is 172 g/mol. The van der Waals surface area contributed by atoms with Crippen molar-refractivity contribution >= 4 is 17.9 Å². The molecule has 0 spiro atoms. The Hall–Kier alpha value is -0.420. The maximum atomic E-state index is 7.07. The van der Waals surface area contributed by atoms with E-state index in [0.29, 0.717) is 6.04 Å². The maximum absolute atomic E-state index is 7.07. The average molecular weight is 188 g/mol. The third kappa shape index (κ3) is 2.91. The summed E-state index contributed by atoms with van der Waals surface area (Å²) in [5.74, 6) is 0.0950. The predicted molar refractivity (Wildman–Crippen MR) is 53.2 cm³/mol. The number of nitrogens with two attached hydrogens (primary N) is 1. The van der Waals surface area contributed by atoms with E-state index < -0.39 is 0 Å². The lowest BCUT2D eigenvalue weighted by Gasteiger charge is -2.30. The molecule has 4 N–H and O–H groups in total. The van der Waals surface area contributed by atoms with Gasteiger partial charge in [-0.2, -0.15) is 0 Å². The summed E-state index contributed by atoms with van der Waals surface area (Å²) in [6.07, 6.45) is 4.26. The van der Waals surface area contributed by atoms with Crippen LogP contribution in [0.5, 0.6) is 0 Å². The van der Waals surface area contributed by atoms with E-state index in [1.807, 2.05) is 0 Å². The summed E-state index contributed by atoms with van der Waals surface area (Å²) in [6.45, 7) is 2.18. The Balaban J connectivity index is 2.21. The second kappa shape index (κ2) is 4.57. The molecule has 4 nitrogen and oxygen atoms in total. The van der Waals surface area contributed by atoms with E-state index in [1.165, 1.54) is 0 Å². The number of nitrogens with zero attached hydrogens (tertiary/aromatic N) is 1. The minimum atomic E-state index is 0.0950. The molecule has 0 unspecified atom stereocenters. The summed E-state index contributed by atoms with van der Waals surface area (Å²) in [4.78, 5) is 0. The van der Waals surface area contributed by atoms with Crippen LogP contribution < -0.4 is 11.1 Å². The van der Waals surface area contributed by atoms with E-state index in [0.717, 1.165) is 25.9 Å². The summed E-state index contributed by atoms with van der Waals surface area (Å²) < 4.78 is 2.33. The van der Waals surface area contributed by atoms with Gasteiger partial charge >= 0.3 is 0 Å². The second-order valence-corrected chi connectivity index (χ2v) is 3.83. The van der Waals surface area contributed by atoms with Gasteiger partial charge in [0.1, 0.15) is 0 Å². The predicted octanol–water partition coefficient (Wildman–Crippen LogP) is 0.212. The highest BCUT2D eigenvalue weighted by Crippen LogP contribution is 2.15. The van der Waals surface area contributed by atoms with Gasteiger partial charge in [0, 0.05) is 19.1 Å². The number of guanidine groups is 1. The first-order chi connectivity index (χ1) is 5.72. The Bertz CT molecular complexity index is 153. The summed E-state index contributed by atoms with van der Waals surface area (Å²) in [6, 6.07) is 0.408. The van der Waals surface area contributed by atoms with Gasteiger partial charge in [-0.05, 0) is 19.1 Å². The molecule has 1 heterocycles. The molecule has 0 radical (unpaired) electrons. The van der Waals surface area contributed by atoms with Crippen molar-refractivity contribution in [2.24, 2.45) is 5.73 Å². The van der Waals surface area contributed by atoms with Crippen LogP contribution in [0, 0.1) is 5.41 Å². The molecule has 0 aromatic carbocycles. The van der Waals surface area contributed by atoms with Crippen LogP contribution in [-0.2, 0) is 0 Å². The minimum Gasteiger partial charge on any atom is -0.370 e. The zero-order valence-electron chi connectivity index (χ0n) is 7.34. The van der Waals surface area contributed by atoms with Crippen molar-refractivity contribution in [3.8, 4) is 0 Å². The van der Waals surface area contributed by atoms with Gasteiger partial charge in [-0.15, -0.1) is 0 Å². The highest BCUT2D eigenvalue weighted by Gasteiger charge is 2.18. The van der Waals surface area contributed by atoms with Gasteiger partial charge in [-0.3, -0.25) is 9.71 Å². The van der Waals surface area contributed by atoms with Crippen LogP contribution in [0.25, 0.3) is 0 Å². The zero-order chi connectivity index (χ0) is 8.97. The Morgan fingerprint density at radius 2 is 2.17 bits per heavy atom. The molecule has 0 atom stereocenters. The molecule has 1 rings (SSSR count). The highest BCUT2D eigenvalue weighted by molar-refractivity contribution is 7.96. The van der Waals surface area contributed by atoms with Crippen LogP contribution >= 0.6 is 11.9 Å². The van der Waals surface area contributed by atoms with E-state index in [-0.39, 0.29) is 5.96 Å². The largest absolute Gasteiger partial charge is 0.370 e. The second-order valence-electron chi connectivity index (χ2n) is 2.94. The Morgan fingerprint density at radius 1 is 1.58 bits per heavy atom. The van der Waals surface area contributed by atoms with Crippen LogP contribution in [0.2, 0.25) is 0 Å². The van der Waals surface area contributed by atoms with Gasteiger partial charge in [0.2, 0.25) is 0 Å².